The first-order valence-corrected chi connectivity index (χ1v) is 32.0. The molecule has 1 unspecified atom stereocenters. The van der Waals surface area contributed by atoms with Gasteiger partial charge < -0.3 is 14.2 Å². The van der Waals surface area contributed by atoms with Crippen molar-refractivity contribution in [1.29, 1.82) is 0 Å². The molecule has 0 radical (unpaired) electrons. The Bertz CT molecular complexity index is 1780. The van der Waals surface area contributed by atoms with Gasteiger partial charge in [-0.05, 0) is 128 Å². The van der Waals surface area contributed by atoms with E-state index < -0.39 is 6.10 Å². The van der Waals surface area contributed by atoms with E-state index in [-0.39, 0.29) is 44.0 Å². The molecule has 0 aliphatic rings. The van der Waals surface area contributed by atoms with Gasteiger partial charge in [0.2, 0.25) is 0 Å². The van der Waals surface area contributed by atoms with Gasteiger partial charge in [-0.15, -0.1) is 0 Å². The summed E-state index contributed by atoms with van der Waals surface area (Å²) in [7, 11) is 0. The Kier molecular flexibility index (Phi) is 61.4. The topological polar surface area (TPSA) is 78.9 Å². The Morgan fingerprint density at radius 3 is 0.797 bits per heavy atom. The third-order valence-corrected chi connectivity index (χ3v) is 13.0. The minimum Gasteiger partial charge on any atom is -0.462 e. The average Bonchev–Trinajstić information content (AvgIpc) is 3.45. The highest BCUT2D eigenvalue weighted by Gasteiger charge is 2.19. The largest absolute Gasteiger partial charge is 0.462 e. The average molecular weight is 1090 g/mol. The quantitative estimate of drug-likeness (QED) is 0.0261. The number of esters is 3. The molecule has 0 saturated carbocycles. The van der Waals surface area contributed by atoms with E-state index >= 15 is 0 Å². The number of allylic oxidation sites excluding steroid dienone is 26. The van der Waals surface area contributed by atoms with Crippen LogP contribution in [0.3, 0.4) is 0 Å². The molecule has 0 aliphatic carbocycles. The summed E-state index contributed by atoms with van der Waals surface area (Å²) in [5.74, 6) is -1.04. The summed E-state index contributed by atoms with van der Waals surface area (Å²) in [5.41, 5.74) is 0. The maximum atomic E-state index is 12.9. The third-order valence-electron chi connectivity index (χ3n) is 13.0. The van der Waals surface area contributed by atoms with Crippen LogP contribution in [0.5, 0.6) is 0 Å². The van der Waals surface area contributed by atoms with Gasteiger partial charge in [-0.1, -0.05) is 275 Å². The van der Waals surface area contributed by atoms with E-state index in [0.717, 1.165) is 122 Å². The molecule has 0 aromatic rings. The highest BCUT2D eigenvalue weighted by Crippen LogP contribution is 2.16. The second kappa shape index (κ2) is 65.5. The Balaban J connectivity index is 4.36. The van der Waals surface area contributed by atoms with E-state index in [4.69, 9.17) is 14.2 Å². The molecule has 0 amide bonds. The number of ether oxygens (including phenoxy) is 3. The van der Waals surface area contributed by atoms with Crippen LogP contribution >= 0.6 is 0 Å². The molecule has 0 aliphatic heterocycles. The van der Waals surface area contributed by atoms with E-state index in [1.165, 1.54) is 89.9 Å². The fraction of sp³-hybridized carbons (Fsp3) is 0.603. The van der Waals surface area contributed by atoms with E-state index in [1.807, 2.05) is 12.2 Å². The first-order chi connectivity index (χ1) is 39.0. The van der Waals surface area contributed by atoms with Gasteiger partial charge in [-0.3, -0.25) is 14.4 Å². The maximum absolute atomic E-state index is 12.9. The molecule has 6 nitrogen and oxygen atoms in total. The first kappa shape index (κ1) is 74.0. The second-order valence-electron chi connectivity index (χ2n) is 20.5. The Morgan fingerprint density at radius 2 is 0.481 bits per heavy atom. The maximum Gasteiger partial charge on any atom is 0.306 e. The number of carbonyl (C=O) groups is 3. The van der Waals surface area contributed by atoms with Crippen LogP contribution in [-0.4, -0.2) is 37.2 Å². The third kappa shape index (κ3) is 63.7. The molecule has 6 heteroatoms. The van der Waals surface area contributed by atoms with Crippen LogP contribution in [0.2, 0.25) is 0 Å². The molecule has 0 aromatic carbocycles. The molecule has 1 atom stereocenters. The number of hydrogen-bond acceptors (Lipinski definition) is 6. The summed E-state index contributed by atoms with van der Waals surface area (Å²) in [4.78, 5) is 38.2. The molecule has 79 heavy (non-hydrogen) atoms. The van der Waals surface area contributed by atoms with Crippen molar-refractivity contribution >= 4 is 17.9 Å². The highest BCUT2D eigenvalue weighted by molar-refractivity contribution is 5.71. The molecule has 444 valence electrons. The zero-order valence-electron chi connectivity index (χ0n) is 50.8. The lowest BCUT2D eigenvalue weighted by Gasteiger charge is -2.18. The molecular weight excluding hydrogens is 973 g/mol. The molecule has 0 bridgehead atoms. The van der Waals surface area contributed by atoms with Gasteiger partial charge in [0.25, 0.3) is 0 Å². The summed E-state index contributed by atoms with van der Waals surface area (Å²) in [6.07, 6.45) is 95.6. The summed E-state index contributed by atoms with van der Waals surface area (Å²) in [5, 5.41) is 0. The Labute approximate surface area is 486 Å². The standard InChI is InChI=1S/C73H116O6/c1-4-7-10-13-16-19-22-25-27-29-31-32-33-34-35-36-37-38-39-40-42-43-45-48-51-54-57-60-63-66-72(75)78-69-70(68-77-71(74)65-62-59-56-53-50-47-24-21-18-15-12-9-6-3)79-73(76)67-64-61-58-55-52-49-46-44-41-30-28-26-23-20-17-14-11-8-5-2/h7-12,16-21,25-28,31-32,41,44,47,49-50,52,56,59,70H,4-6,13-15,22-24,29-30,33-40,42-43,45-46,48,51,53-55,57-58,60-69H2,1-3H3/b10-7-,11-8-,12-9-,19-16-,20-17-,21-18-,27-25-,28-26-,32-31-,44-41-,50-47-,52-49-,59-56-. The lowest BCUT2D eigenvalue weighted by atomic mass is 10.0. The van der Waals surface area contributed by atoms with Crippen molar-refractivity contribution in [2.75, 3.05) is 13.2 Å². The smallest absolute Gasteiger partial charge is 0.306 e. The van der Waals surface area contributed by atoms with Crippen LogP contribution in [0.15, 0.2) is 158 Å². The van der Waals surface area contributed by atoms with Crippen LogP contribution in [0.1, 0.15) is 265 Å². The fourth-order valence-corrected chi connectivity index (χ4v) is 8.36. The fourth-order valence-electron chi connectivity index (χ4n) is 8.36. The molecule has 0 aromatic heterocycles. The van der Waals surface area contributed by atoms with Crippen LogP contribution in [-0.2, 0) is 28.6 Å². The van der Waals surface area contributed by atoms with Crippen LogP contribution in [0.4, 0.5) is 0 Å². The normalized spacial score (nSPS) is 13.2. The molecule has 0 N–H and O–H groups in total. The van der Waals surface area contributed by atoms with Crippen LogP contribution in [0.25, 0.3) is 0 Å². The molecule has 0 fully saturated rings. The number of carbonyl (C=O) groups excluding carboxylic acids is 3. The van der Waals surface area contributed by atoms with E-state index in [1.54, 1.807) is 0 Å². The lowest BCUT2D eigenvalue weighted by Crippen LogP contribution is -2.30. The van der Waals surface area contributed by atoms with Gasteiger partial charge in [-0.25, -0.2) is 0 Å². The van der Waals surface area contributed by atoms with E-state index in [0.29, 0.717) is 19.3 Å². The summed E-state index contributed by atoms with van der Waals surface area (Å²) < 4.78 is 16.8. The predicted octanol–water partition coefficient (Wildman–Crippen LogP) is 22.1. The number of unbranched alkanes of at least 4 members (excludes halogenated alkanes) is 19. The Morgan fingerprint density at radius 1 is 0.253 bits per heavy atom. The summed E-state index contributed by atoms with van der Waals surface area (Å²) in [6.45, 7) is 6.21. The minimum absolute atomic E-state index is 0.119. The van der Waals surface area contributed by atoms with Crippen molar-refractivity contribution in [2.24, 2.45) is 0 Å². The van der Waals surface area contributed by atoms with Crippen molar-refractivity contribution in [1.82, 2.24) is 0 Å². The van der Waals surface area contributed by atoms with Crippen LogP contribution in [0, 0.1) is 0 Å². The van der Waals surface area contributed by atoms with E-state index in [9.17, 15) is 14.4 Å². The van der Waals surface area contributed by atoms with Crippen molar-refractivity contribution < 1.29 is 28.6 Å². The van der Waals surface area contributed by atoms with Crippen molar-refractivity contribution in [2.45, 2.75) is 271 Å². The Hall–Kier alpha value is -4.97. The summed E-state index contributed by atoms with van der Waals surface area (Å²) in [6, 6.07) is 0. The molecule has 0 saturated heterocycles. The monoisotopic (exact) mass is 1090 g/mol. The van der Waals surface area contributed by atoms with E-state index in [2.05, 4.69) is 167 Å². The minimum atomic E-state index is -0.832. The van der Waals surface area contributed by atoms with Gasteiger partial charge in [0.15, 0.2) is 6.10 Å². The van der Waals surface area contributed by atoms with Gasteiger partial charge in [0.1, 0.15) is 13.2 Å². The van der Waals surface area contributed by atoms with Gasteiger partial charge in [0.05, 0.1) is 0 Å². The first-order valence-electron chi connectivity index (χ1n) is 32.0. The van der Waals surface area contributed by atoms with Crippen molar-refractivity contribution in [3.8, 4) is 0 Å². The lowest BCUT2D eigenvalue weighted by molar-refractivity contribution is -0.166. The zero-order valence-corrected chi connectivity index (χ0v) is 50.8. The van der Waals surface area contributed by atoms with Gasteiger partial charge in [-0.2, -0.15) is 0 Å². The molecule has 0 heterocycles. The molecule has 0 rings (SSSR count). The number of rotatable bonds is 56. The van der Waals surface area contributed by atoms with Gasteiger partial charge >= 0.3 is 17.9 Å². The predicted molar refractivity (Wildman–Crippen MR) is 343 cm³/mol. The molecular formula is C73H116O6. The second-order valence-corrected chi connectivity index (χ2v) is 20.5. The van der Waals surface area contributed by atoms with Crippen molar-refractivity contribution in [3.63, 3.8) is 0 Å². The van der Waals surface area contributed by atoms with Crippen LogP contribution < -0.4 is 0 Å². The van der Waals surface area contributed by atoms with Gasteiger partial charge in [0, 0.05) is 19.3 Å². The summed E-state index contributed by atoms with van der Waals surface area (Å²) >= 11 is 0. The van der Waals surface area contributed by atoms with Crippen molar-refractivity contribution in [3.05, 3.63) is 158 Å². The number of hydrogen-bond donors (Lipinski definition) is 0. The molecule has 0 spiro atoms. The highest BCUT2D eigenvalue weighted by atomic mass is 16.6. The SMILES string of the molecule is CC/C=C\C/C=C\C/C=C\C/C=C\C/C=C\CCCCCC(=O)OC(COC(=O)CC/C=C\C/C=C\C/C=C\C/C=C\CC)COC(=O)CCCCCCCCCCCCCCCCCC/C=C\C/C=C\C/C=C\C/C=C\CC. The zero-order chi connectivity index (χ0) is 57.1.